The Morgan fingerprint density at radius 3 is 2.89 bits per heavy atom. The predicted molar refractivity (Wildman–Crippen MR) is 75.9 cm³/mol. The predicted octanol–water partition coefficient (Wildman–Crippen LogP) is 2.02. The molecule has 0 amide bonds. The highest BCUT2D eigenvalue weighted by atomic mass is 16.3. The van der Waals surface area contributed by atoms with Gasteiger partial charge in [0.25, 0.3) is 0 Å². The number of aromatic amines is 1. The van der Waals surface area contributed by atoms with Gasteiger partial charge in [0.05, 0.1) is 6.20 Å². The average molecular weight is 262 g/mol. The quantitative estimate of drug-likeness (QED) is 0.750. The number of hydrogen-bond acceptors (Lipinski definition) is 4. The van der Waals surface area contributed by atoms with Gasteiger partial charge >= 0.3 is 0 Å². The first-order chi connectivity index (χ1) is 9.16. The van der Waals surface area contributed by atoms with Crippen molar-refractivity contribution in [3.63, 3.8) is 0 Å². The van der Waals surface area contributed by atoms with E-state index in [0.717, 1.165) is 48.8 Å². The van der Waals surface area contributed by atoms with Crippen molar-refractivity contribution in [2.45, 2.75) is 19.9 Å². The van der Waals surface area contributed by atoms with Crippen molar-refractivity contribution < 1.29 is 4.42 Å². The highest BCUT2D eigenvalue weighted by Crippen LogP contribution is 2.23. The van der Waals surface area contributed by atoms with Crippen LogP contribution in [0.15, 0.2) is 22.7 Å². The summed E-state index contributed by atoms with van der Waals surface area (Å²) in [5, 5.41) is 10.5. The molecule has 0 aliphatic rings. The van der Waals surface area contributed by atoms with Crippen molar-refractivity contribution in [1.29, 1.82) is 0 Å². The molecule has 0 aliphatic heterocycles. The van der Waals surface area contributed by atoms with Crippen molar-refractivity contribution in [3.05, 3.63) is 29.7 Å². The van der Waals surface area contributed by atoms with Gasteiger partial charge in [-0.25, -0.2) is 0 Å². The molecule has 0 aromatic carbocycles. The van der Waals surface area contributed by atoms with E-state index < -0.39 is 0 Å². The summed E-state index contributed by atoms with van der Waals surface area (Å²) in [6.07, 6.45) is 2.99. The maximum Gasteiger partial charge on any atom is 0.152 e. The van der Waals surface area contributed by atoms with E-state index in [0.29, 0.717) is 0 Å². The standard InChI is InChI=1S/C14H22N4O/c1-11-5-6-13(19-11)14-12(10-16-17-14)9-15-7-4-8-18(2)3/h5-6,10,15H,4,7-9H2,1-3H3,(H,16,17). The smallest absolute Gasteiger partial charge is 0.152 e. The van der Waals surface area contributed by atoms with E-state index in [1.54, 1.807) is 0 Å². The van der Waals surface area contributed by atoms with Crippen LogP contribution in [0.2, 0.25) is 0 Å². The SMILES string of the molecule is Cc1ccc(-c2[nH]ncc2CNCCCN(C)C)o1. The van der Waals surface area contributed by atoms with E-state index in [-0.39, 0.29) is 0 Å². The van der Waals surface area contributed by atoms with Gasteiger partial charge in [0.2, 0.25) is 0 Å². The van der Waals surface area contributed by atoms with Crippen molar-refractivity contribution in [2.75, 3.05) is 27.2 Å². The van der Waals surface area contributed by atoms with Gasteiger partial charge in [-0.1, -0.05) is 0 Å². The van der Waals surface area contributed by atoms with Crippen LogP contribution in [0.5, 0.6) is 0 Å². The number of aryl methyl sites for hydroxylation is 1. The van der Waals surface area contributed by atoms with Gasteiger partial charge in [0.1, 0.15) is 11.5 Å². The number of nitrogens with zero attached hydrogens (tertiary/aromatic N) is 2. The third-order valence-corrected chi connectivity index (χ3v) is 2.98. The van der Waals surface area contributed by atoms with Gasteiger partial charge in [-0.3, -0.25) is 5.10 Å². The van der Waals surface area contributed by atoms with E-state index in [9.17, 15) is 0 Å². The summed E-state index contributed by atoms with van der Waals surface area (Å²) in [6, 6.07) is 3.93. The maximum atomic E-state index is 5.62. The Morgan fingerprint density at radius 2 is 2.21 bits per heavy atom. The first kappa shape index (κ1) is 13.8. The van der Waals surface area contributed by atoms with Gasteiger partial charge in [-0.15, -0.1) is 0 Å². The molecule has 0 saturated carbocycles. The summed E-state index contributed by atoms with van der Waals surface area (Å²) >= 11 is 0. The number of hydrogen-bond donors (Lipinski definition) is 2. The molecule has 0 spiro atoms. The van der Waals surface area contributed by atoms with Crippen molar-refractivity contribution >= 4 is 0 Å². The zero-order valence-electron chi connectivity index (χ0n) is 11.9. The summed E-state index contributed by atoms with van der Waals surface area (Å²) in [4.78, 5) is 2.19. The third kappa shape index (κ3) is 3.94. The number of H-pyrrole nitrogens is 1. The molecular weight excluding hydrogens is 240 g/mol. The molecule has 19 heavy (non-hydrogen) atoms. The van der Waals surface area contributed by atoms with Crippen molar-refractivity contribution in [3.8, 4) is 11.5 Å². The number of nitrogens with one attached hydrogen (secondary N) is 2. The van der Waals surface area contributed by atoms with E-state index in [4.69, 9.17) is 4.42 Å². The number of aromatic nitrogens is 2. The van der Waals surface area contributed by atoms with Crippen LogP contribution in [0.3, 0.4) is 0 Å². The fraction of sp³-hybridized carbons (Fsp3) is 0.500. The molecule has 0 aliphatic carbocycles. The van der Waals surface area contributed by atoms with Crippen LogP contribution in [-0.4, -0.2) is 42.3 Å². The Bertz CT molecular complexity index is 501. The van der Waals surface area contributed by atoms with E-state index in [1.807, 2.05) is 25.3 Å². The Hall–Kier alpha value is -1.59. The minimum absolute atomic E-state index is 0.805. The Kier molecular flexibility index (Phi) is 4.76. The highest BCUT2D eigenvalue weighted by molar-refractivity contribution is 5.56. The van der Waals surface area contributed by atoms with Crippen LogP contribution >= 0.6 is 0 Å². The second-order valence-electron chi connectivity index (χ2n) is 5.01. The van der Waals surface area contributed by atoms with Crippen molar-refractivity contribution in [2.24, 2.45) is 0 Å². The number of furan rings is 1. The molecule has 104 valence electrons. The third-order valence-electron chi connectivity index (χ3n) is 2.98. The summed E-state index contributed by atoms with van der Waals surface area (Å²) in [6.45, 7) is 4.85. The second kappa shape index (κ2) is 6.54. The molecule has 0 unspecified atom stereocenters. The van der Waals surface area contributed by atoms with Crippen LogP contribution < -0.4 is 5.32 Å². The van der Waals surface area contributed by atoms with E-state index >= 15 is 0 Å². The number of rotatable bonds is 7. The maximum absolute atomic E-state index is 5.62. The van der Waals surface area contributed by atoms with Gasteiger partial charge in [0, 0.05) is 12.1 Å². The largest absolute Gasteiger partial charge is 0.460 e. The van der Waals surface area contributed by atoms with Gasteiger partial charge in [-0.05, 0) is 52.7 Å². The second-order valence-corrected chi connectivity index (χ2v) is 5.01. The molecule has 0 saturated heterocycles. The minimum Gasteiger partial charge on any atom is -0.460 e. The van der Waals surface area contributed by atoms with Crippen LogP contribution in [0.1, 0.15) is 17.7 Å². The fourth-order valence-corrected chi connectivity index (χ4v) is 1.97. The molecule has 5 heteroatoms. The van der Waals surface area contributed by atoms with Crippen LogP contribution in [-0.2, 0) is 6.54 Å². The lowest BCUT2D eigenvalue weighted by atomic mass is 10.2. The Morgan fingerprint density at radius 1 is 1.37 bits per heavy atom. The van der Waals surface area contributed by atoms with Crippen LogP contribution in [0.4, 0.5) is 0 Å². The van der Waals surface area contributed by atoms with Crippen molar-refractivity contribution in [1.82, 2.24) is 20.4 Å². The lowest BCUT2D eigenvalue weighted by Crippen LogP contribution is -2.21. The lowest BCUT2D eigenvalue weighted by Gasteiger charge is -2.09. The normalized spacial score (nSPS) is 11.4. The van der Waals surface area contributed by atoms with Crippen LogP contribution in [0.25, 0.3) is 11.5 Å². The molecule has 2 heterocycles. The summed E-state index contributed by atoms with van der Waals surface area (Å²) in [7, 11) is 4.18. The molecule has 5 nitrogen and oxygen atoms in total. The monoisotopic (exact) mass is 262 g/mol. The first-order valence-electron chi connectivity index (χ1n) is 6.61. The topological polar surface area (TPSA) is 57.1 Å². The molecule has 0 fully saturated rings. The van der Waals surface area contributed by atoms with Gasteiger partial charge in [-0.2, -0.15) is 5.10 Å². The molecule has 2 rings (SSSR count). The van der Waals surface area contributed by atoms with Gasteiger partial charge in [0.15, 0.2) is 5.76 Å². The Balaban J connectivity index is 1.86. The van der Waals surface area contributed by atoms with E-state index in [1.165, 1.54) is 0 Å². The summed E-state index contributed by atoms with van der Waals surface area (Å²) < 4.78 is 5.62. The van der Waals surface area contributed by atoms with Crippen LogP contribution in [0, 0.1) is 6.92 Å². The summed E-state index contributed by atoms with van der Waals surface area (Å²) in [5.74, 6) is 1.76. The molecule has 2 aromatic rings. The molecule has 2 N–H and O–H groups in total. The van der Waals surface area contributed by atoms with E-state index in [2.05, 4.69) is 34.5 Å². The molecule has 0 radical (unpaired) electrons. The minimum atomic E-state index is 0.805. The van der Waals surface area contributed by atoms with Gasteiger partial charge < -0.3 is 14.6 Å². The molecule has 2 aromatic heterocycles. The molecule has 0 bridgehead atoms. The zero-order chi connectivity index (χ0) is 13.7. The Labute approximate surface area is 114 Å². The summed E-state index contributed by atoms with van der Waals surface area (Å²) in [5.41, 5.74) is 2.10. The average Bonchev–Trinajstić information content (AvgIpc) is 2.96. The highest BCUT2D eigenvalue weighted by Gasteiger charge is 2.10. The molecule has 0 atom stereocenters. The fourth-order valence-electron chi connectivity index (χ4n) is 1.97. The molecular formula is C14H22N4O. The zero-order valence-corrected chi connectivity index (χ0v) is 11.9. The lowest BCUT2D eigenvalue weighted by molar-refractivity contribution is 0.394. The first-order valence-corrected chi connectivity index (χ1v) is 6.61.